The number of nitrogens with one attached hydrogen (secondary N) is 1. The molecule has 1 atom stereocenters. The van der Waals surface area contributed by atoms with Crippen LogP contribution >= 0.6 is 0 Å². The summed E-state index contributed by atoms with van der Waals surface area (Å²) in [6.07, 6.45) is 1.13. The fourth-order valence-corrected chi connectivity index (χ4v) is 4.40. The summed E-state index contributed by atoms with van der Waals surface area (Å²) in [5.74, 6) is 0.566. The van der Waals surface area contributed by atoms with Crippen LogP contribution in [0.4, 0.5) is 0 Å². The highest BCUT2D eigenvalue weighted by molar-refractivity contribution is 7.91. The second-order valence-corrected chi connectivity index (χ2v) is 8.11. The van der Waals surface area contributed by atoms with Gasteiger partial charge in [0.25, 0.3) is 0 Å². The van der Waals surface area contributed by atoms with E-state index in [1.54, 1.807) is 0 Å². The van der Waals surface area contributed by atoms with E-state index in [9.17, 15) is 8.42 Å². The molecule has 1 aliphatic heterocycles. The smallest absolute Gasteiger partial charge is 0.153 e. The van der Waals surface area contributed by atoms with Gasteiger partial charge in [0.05, 0.1) is 11.5 Å². The molecule has 0 amide bonds. The molecule has 118 valence electrons. The number of sulfone groups is 1. The SMILES string of the molecule is CCCNCc1ccccc1CN1CCS(=O)(=O)CC1C. The van der Waals surface area contributed by atoms with Crippen LogP contribution < -0.4 is 5.32 Å². The van der Waals surface area contributed by atoms with E-state index >= 15 is 0 Å². The van der Waals surface area contributed by atoms with Gasteiger partial charge in [0.2, 0.25) is 0 Å². The lowest BCUT2D eigenvalue weighted by Crippen LogP contribution is -2.46. The Kier molecular flexibility index (Phi) is 5.79. The molecule has 1 aliphatic rings. The first-order valence-electron chi connectivity index (χ1n) is 7.74. The van der Waals surface area contributed by atoms with E-state index in [0.29, 0.717) is 6.54 Å². The highest BCUT2D eigenvalue weighted by atomic mass is 32.2. The van der Waals surface area contributed by atoms with Gasteiger partial charge in [0, 0.05) is 25.7 Å². The summed E-state index contributed by atoms with van der Waals surface area (Å²) in [5.41, 5.74) is 2.61. The summed E-state index contributed by atoms with van der Waals surface area (Å²) in [5, 5.41) is 3.44. The summed E-state index contributed by atoms with van der Waals surface area (Å²) < 4.78 is 23.3. The van der Waals surface area contributed by atoms with Gasteiger partial charge < -0.3 is 5.32 Å². The van der Waals surface area contributed by atoms with Crippen LogP contribution in [-0.2, 0) is 22.9 Å². The first-order valence-corrected chi connectivity index (χ1v) is 9.56. The van der Waals surface area contributed by atoms with Gasteiger partial charge in [0.15, 0.2) is 9.84 Å². The second-order valence-electron chi connectivity index (χ2n) is 5.88. The van der Waals surface area contributed by atoms with Gasteiger partial charge in [-0.2, -0.15) is 0 Å². The van der Waals surface area contributed by atoms with Crippen LogP contribution in [-0.4, -0.2) is 44.0 Å². The third-order valence-electron chi connectivity index (χ3n) is 4.04. The molecular formula is C16H26N2O2S. The first-order chi connectivity index (χ1) is 10.0. The van der Waals surface area contributed by atoms with Crippen molar-refractivity contribution in [3.63, 3.8) is 0 Å². The van der Waals surface area contributed by atoms with E-state index in [1.807, 2.05) is 6.92 Å². The molecule has 0 radical (unpaired) electrons. The Labute approximate surface area is 128 Å². The van der Waals surface area contributed by atoms with Crippen molar-refractivity contribution in [3.05, 3.63) is 35.4 Å². The summed E-state index contributed by atoms with van der Waals surface area (Å²) in [4.78, 5) is 2.28. The van der Waals surface area contributed by atoms with Crippen molar-refractivity contribution in [1.82, 2.24) is 10.2 Å². The van der Waals surface area contributed by atoms with E-state index in [0.717, 1.165) is 26.1 Å². The fraction of sp³-hybridized carbons (Fsp3) is 0.625. The molecule has 21 heavy (non-hydrogen) atoms. The molecule has 0 aliphatic carbocycles. The number of hydrogen-bond donors (Lipinski definition) is 1. The Hall–Kier alpha value is -0.910. The molecule has 1 heterocycles. The zero-order chi connectivity index (χ0) is 15.3. The third-order valence-corrected chi connectivity index (χ3v) is 5.84. The molecule has 0 saturated carbocycles. The molecule has 0 bridgehead atoms. The van der Waals surface area contributed by atoms with Crippen LogP contribution in [0.3, 0.4) is 0 Å². The standard InChI is InChI=1S/C16H26N2O2S/c1-3-8-17-11-15-6-4-5-7-16(15)12-18-9-10-21(19,20)13-14(18)2/h4-7,14,17H,3,8-13H2,1-2H3. The molecule has 1 aromatic rings. The van der Waals surface area contributed by atoms with Crippen molar-refractivity contribution in [2.24, 2.45) is 0 Å². The predicted octanol–water partition coefficient (Wildman–Crippen LogP) is 1.81. The van der Waals surface area contributed by atoms with Crippen LogP contribution in [0.5, 0.6) is 0 Å². The monoisotopic (exact) mass is 310 g/mol. The molecule has 1 saturated heterocycles. The maximum Gasteiger partial charge on any atom is 0.153 e. The van der Waals surface area contributed by atoms with Crippen LogP contribution in [0.1, 0.15) is 31.4 Å². The van der Waals surface area contributed by atoms with Crippen molar-refractivity contribution in [2.75, 3.05) is 24.6 Å². The molecule has 4 nitrogen and oxygen atoms in total. The summed E-state index contributed by atoms with van der Waals surface area (Å²) in [6, 6.07) is 8.53. The van der Waals surface area contributed by atoms with Crippen molar-refractivity contribution >= 4 is 9.84 Å². The molecule has 5 heteroatoms. The van der Waals surface area contributed by atoms with Gasteiger partial charge in [-0.15, -0.1) is 0 Å². The topological polar surface area (TPSA) is 49.4 Å². The summed E-state index contributed by atoms with van der Waals surface area (Å²) in [6.45, 7) is 7.54. The Balaban J connectivity index is 2.02. The van der Waals surface area contributed by atoms with Gasteiger partial charge >= 0.3 is 0 Å². The molecule has 2 rings (SSSR count). The largest absolute Gasteiger partial charge is 0.313 e. The molecule has 0 spiro atoms. The van der Waals surface area contributed by atoms with Crippen molar-refractivity contribution in [1.29, 1.82) is 0 Å². The van der Waals surface area contributed by atoms with Crippen LogP contribution in [0.2, 0.25) is 0 Å². The lowest BCUT2D eigenvalue weighted by atomic mass is 10.1. The molecule has 1 aromatic carbocycles. The number of hydrogen-bond acceptors (Lipinski definition) is 4. The maximum atomic E-state index is 11.7. The van der Waals surface area contributed by atoms with Crippen LogP contribution in [0.15, 0.2) is 24.3 Å². The zero-order valence-corrected chi connectivity index (χ0v) is 13.8. The average molecular weight is 310 g/mol. The quantitative estimate of drug-likeness (QED) is 0.814. The lowest BCUT2D eigenvalue weighted by Gasteiger charge is -2.33. The number of rotatable bonds is 6. The van der Waals surface area contributed by atoms with Gasteiger partial charge in [0.1, 0.15) is 0 Å². The highest BCUT2D eigenvalue weighted by Gasteiger charge is 2.28. The van der Waals surface area contributed by atoms with Crippen LogP contribution in [0, 0.1) is 0 Å². The normalized spacial score (nSPS) is 22.3. The minimum Gasteiger partial charge on any atom is -0.313 e. The van der Waals surface area contributed by atoms with Gasteiger partial charge in [-0.1, -0.05) is 31.2 Å². The predicted molar refractivity (Wildman–Crippen MR) is 87.0 cm³/mol. The van der Waals surface area contributed by atoms with Gasteiger partial charge in [-0.05, 0) is 31.0 Å². The molecule has 1 unspecified atom stereocenters. The van der Waals surface area contributed by atoms with E-state index < -0.39 is 9.84 Å². The van der Waals surface area contributed by atoms with Crippen LogP contribution in [0.25, 0.3) is 0 Å². The Morgan fingerprint density at radius 1 is 1.29 bits per heavy atom. The highest BCUT2D eigenvalue weighted by Crippen LogP contribution is 2.17. The molecular weight excluding hydrogens is 284 g/mol. The van der Waals surface area contributed by atoms with Crippen molar-refractivity contribution in [2.45, 2.75) is 39.4 Å². The zero-order valence-electron chi connectivity index (χ0n) is 13.0. The lowest BCUT2D eigenvalue weighted by molar-refractivity contribution is 0.217. The van der Waals surface area contributed by atoms with Crippen molar-refractivity contribution < 1.29 is 8.42 Å². The van der Waals surface area contributed by atoms with E-state index in [2.05, 4.69) is 41.4 Å². The molecule has 1 fully saturated rings. The number of benzene rings is 1. The van der Waals surface area contributed by atoms with E-state index in [4.69, 9.17) is 0 Å². The van der Waals surface area contributed by atoms with Gasteiger partial charge in [-0.3, -0.25) is 4.90 Å². The maximum absolute atomic E-state index is 11.7. The Morgan fingerprint density at radius 2 is 2.00 bits per heavy atom. The van der Waals surface area contributed by atoms with E-state index in [1.165, 1.54) is 11.1 Å². The Bertz CT molecular complexity index is 557. The third kappa shape index (κ3) is 4.80. The van der Waals surface area contributed by atoms with E-state index in [-0.39, 0.29) is 17.5 Å². The summed E-state index contributed by atoms with van der Waals surface area (Å²) >= 11 is 0. The minimum absolute atomic E-state index is 0.0976. The average Bonchev–Trinajstić information content (AvgIpc) is 2.43. The first kappa shape index (κ1) is 16.5. The Morgan fingerprint density at radius 3 is 2.67 bits per heavy atom. The van der Waals surface area contributed by atoms with Crippen molar-refractivity contribution in [3.8, 4) is 0 Å². The molecule has 1 N–H and O–H groups in total. The molecule has 0 aromatic heterocycles. The number of nitrogens with zero attached hydrogens (tertiary/aromatic N) is 1. The minimum atomic E-state index is -2.84. The van der Waals surface area contributed by atoms with Gasteiger partial charge in [-0.25, -0.2) is 8.42 Å². The summed E-state index contributed by atoms with van der Waals surface area (Å²) in [7, 11) is -2.84. The fourth-order valence-electron chi connectivity index (χ4n) is 2.77. The second kappa shape index (κ2) is 7.38.